The fourth-order valence-corrected chi connectivity index (χ4v) is 3.25. The SMILES string of the molecule is CC(OC(=O)CCNC(=O)CCC(=O)c1cccs1)C(=O)NCc1ccc(Cl)cc1. The fraction of sp³-hybridized carbons (Fsp3) is 0.333. The van der Waals surface area contributed by atoms with Crippen LogP contribution in [0.3, 0.4) is 0 Å². The minimum Gasteiger partial charge on any atom is -0.452 e. The van der Waals surface area contributed by atoms with E-state index in [0.29, 0.717) is 9.90 Å². The number of ketones is 1. The normalized spacial score (nSPS) is 11.4. The summed E-state index contributed by atoms with van der Waals surface area (Å²) < 4.78 is 5.07. The quantitative estimate of drug-likeness (QED) is 0.404. The first-order valence-corrected chi connectivity index (χ1v) is 10.7. The lowest BCUT2D eigenvalue weighted by atomic mass is 10.2. The monoisotopic (exact) mass is 450 g/mol. The van der Waals surface area contributed by atoms with E-state index in [1.807, 2.05) is 0 Å². The van der Waals surface area contributed by atoms with Gasteiger partial charge in [0.05, 0.1) is 11.3 Å². The van der Waals surface area contributed by atoms with E-state index in [1.54, 1.807) is 41.8 Å². The average molecular weight is 451 g/mol. The molecule has 1 unspecified atom stereocenters. The van der Waals surface area contributed by atoms with E-state index >= 15 is 0 Å². The third-order valence-corrected chi connectivity index (χ3v) is 5.25. The second-order valence-corrected chi connectivity index (χ2v) is 7.86. The molecule has 1 aromatic heterocycles. The predicted octanol–water partition coefficient (Wildman–Crippen LogP) is 3.12. The van der Waals surface area contributed by atoms with E-state index in [0.717, 1.165) is 5.56 Å². The van der Waals surface area contributed by atoms with Gasteiger partial charge in [0, 0.05) is 31.0 Å². The minimum atomic E-state index is -0.955. The van der Waals surface area contributed by atoms with Crippen LogP contribution in [-0.4, -0.2) is 36.2 Å². The van der Waals surface area contributed by atoms with Crippen LogP contribution < -0.4 is 10.6 Å². The van der Waals surface area contributed by atoms with E-state index in [2.05, 4.69) is 10.6 Å². The van der Waals surface area contributed by atoms with Crippen LogP contribution in [0.15, 0.2) is 41.8 Å². The standard InChI is InChI=1S/C21H23ClN2O5S/c1-14(21(28)24-13-15-4-6-16(22)7-5-15)29-20(27)10-11-23-19(26)9-8-17(25)18-3-2-12-30-18/h2-7,12,14H,8-11,13H2,1H3,(H,23,26)(H,24,28). The zero-order chi connectivity index (χ0) is 21.9. The van der Waals surface area contributed by atoms with Crippen LogP contribution in [-0.2, 0) is 25.7 Å². The second kappa shape index (κ2) is 12.1. The summed E-state index contributed by atoms with van der Waals surface area (Å²) in [4.78, 5) is 48.1. The molecule has 2 N–H and O–H groups in total. The topological polar surface area (TPSA) is 102 Å². The van der Waals surface area contributed by atoms with Crippen molar-refractivity contribution in [2.75, 3.05) is 6.54 Å². The Kier molecular flexibility index (Phi) is 9.50. The zero-order valence-corrected chi connectivity index (χ0v) is 18.1. The van der Waals surface area contributed by atoms with Crippen molar-refractivity contribution in [3.05, 3.63) is 57.2 Å². The summed E-state index contributed by atoms with van der Waals surface area (Å²) in [5, 5.41) is 7.65. The van der Waals surface area contributed by atoms with Crippen LogP contribution in [0.25, 0.3) is 0 Å². The maximum absolute atomic E-state index is 12.0. The molecular formula is C21H23ClN2O5S. The third-order valence-electron chi connectivity index (χ3n) is 4.08. The number of benzene rings is 1. The highest BCUT2D eigenvalue weighted by molar-refractivity contribution is 7.12. The molecule has 0 fully saturated rings. The Morgan fingerprint density at radius 3 is 2.43 bits per heavy atom. The van der Waals surface area contributed by atoms with Crippen LogP contribution in [0.1, 0.15) is 41.4 Å². The summed E-state index contributed by atoms with van der Waals surface area (Å²) in [7, 11) is 0. The number of hydrogen-bond donors (Lipinski definition) is 2. The number of thiophene rings is 1. The number of nitrogens with one attached hydrogen (secondary N) is 2. The molecule has 0 spiro atoms. The van der Waals surface area contributed by atoms with Crippen LogP contribution in [0, 0.1) is 0 Å². The smallest absolute Gasteiger partial charge is 0.308 e. The number of ether oxygens (including phenoxy) is 1. The van der Waals surface area contributed by atoms with Gasteiger partial charge in [-0.3, -0.25) is 19.2 Å². The first kappa shape index (κ1) is 23.6. The maximum atomic E-state index is 12.0. The maximum Gasteiger partial charge on any atom is 0.308 e. The van der Waals surface area contributed by atoms with Crippen LogP contribution in [0.2, 0.25) is 5.02 Å². The number of hydrogen-bond acceptors (Lipinski definition) is 6. The van der Waals surface area contributed by atoms with E-state index in [4.69, 9.17) is 16.3 Å². The van der Waals surface area contributed by atoms with Gasteiger partial charge in [0.25, 0.3) is 5.91 Å². The van der Waals surface area contributed by atoms with Crippen molar-refractivity contribution in [2.24, 2.45) is 0 Å². The molecule has 9 heteroatoms. The van der Waals surface area contributed by atoms with Gasteiger partial charge < -0.3 is 15.4 Å². The lowest BCUT2D eigenvalue weighted by Gasteiger charge is -2.14. The van der Waals surface area contributed by atoms with Gasteiger partial charge in [-0.05, 0) is 36.1 Å². The molecule has 0 bridgehead atoms. The fourth-order valence-electron chi connectivity index (χ4n) is 2.42. The Balaban J connectivity index is 1.59. The van der Waals surface area contributed by atoms with Gasteiger partial charge >= 0.3 is 5.97 Å². The summed E-state index contributed by atoms with van der Waals surface area (Å²) in [5.41, 5.74) is 0.867. The molecule has 160 valence electrons. The van der Waals surface area contributed by atoms with Crippen molar-refractivity contribution in [1.82, 2.24) is 10.6 Å². The lowest BCUT2D eigenvalue weighted by molar-refractivity contribution is -0.154. The molecule has 1 heterocycles. The summed E-state index contributed by atoms with van der Waals surface area (Å²) in [5.74, 6) is -1.42. The van der Waals surface area contributed by atoms with Crippen molar-refractivity contribution in [1.29, 1.82) is 0 Å². The lowest BCUT2D eigenvalue weighted by Crippen LogP contribution is -2.36. The number of carbonyl (C=O) groups is 4. The second-order valence-electron chi connectivity index (χ2n) is 6.48. The molecule has 0 aliphatic carbocycles. The van der Waals surface area contributed by atoms with Gasteiger partial charge in [0.15, 0.2) is 11.9 Å². The molecule has 0 aliphatic heterocycles. The number of halogens is 1. The molecule has 0 radical (unpaired) electrons. The molecule has 1 atom stereocenters. The summed E-state index contributed by atoms with van der Waals surface area (Å²) in [6.45, 7) is 1.84. The Hall–Kier alpha value is -2.71. The molecule has 7 nitrogen and oxygen atoms in total. The van der Waals surface area contributed by atoms with Gasteiger partial charge in [-0.2, -0.15) is 0 Å². The summed E-state index contributed by atoms with van der Waals surface area (Å²) in [6, 6.07) is 10.5. The van der Waals surface area contributed by atoms with Crippen LogP contribution in [0.4, 0.5) is 0 Å². The van der Waals surface area contributed by atoms with E-state index < -0.39 is 18.0 Å². The van der Waals surface area contributed by atoms with Crippen molar-refractivity contribution in [3.8, 4) is 0 Å². The van der Waals surface area contributed by atoms with Crippen molar-refractivity contribution >= 4 is 46.5 Å². The van der Waals surface area contributed by atoms with Gasteiger partial charge in [-0.15, -0.1) is 11.3 Å². The predicted molar refractivity (Wildman–Crippen MR) is 114 cm³/mol. The number of rotatable bonds is 11. The molecule has 30 heavy (non-hydrogen) atoms. The number of carbonyl (C=O) groups excluding carboxylic acids is 4. The summed E-state index contributed by atoms with van der Waals surface area (Å²) in [6.07, 6.45) is -0.861. The molecule has 2 rings (SSSR count). The highest BCUT2D eigenvalue weighted by Crippen LogP contribution is 2.12. The Morgan fingerprint density at radius 2 is 1.77 bits per heavy atom. The van der Waals surface area contributed by atoms with Crippen molar-refractivity contribution in [3.63, 3.8) is 0 Å². The third kappa shape index (κ3) is 8.34. The first-order valence-electron chi connectivity index (χ1n) is 9.40. The molecule has 0 saturated carbocycles. The highest BCUT2D eigenvalue weighted by atomic mass is 35.5. The summed E-state index contributed by atoms with van der Waals surface area (Å²) >= 11 is 7.14. The molecule has 2 aromatic rings. The molecule has 1 aromatic carbocycles. The molecule has 0 saturated heterocycles. The van der Waals surface area contributed by atoms with E-state index in [9.17, 15) is 19.2 Å². The highest BCUT2D eigenvalue weighted by Gasteiger charge is 2.17. The van der Waals surface area contributed by atoms with Gasteiger partial charge in [0.2, 0.25) is 5.91 Å². The minimum absolute atomic E-state index is 0.0509. The largest absolute Gasteiger partial charge is 0.452 e. The van der Waals surface area contributed by atoms with Crippen LogP contribution >= 0.6 is 22.9 Å². The van der Waals surface area contributed by atoms with Crippen LogP contribution in [0.5, 0.6) is 0 Å². The average Bonchev–Trinajstić information content (AvgIpc) is 3.26. The van der Waals surface area contributed by atoms with E-state index in [1.165, 1.54) is 18.3 Å². The Bertz CT molecular complexity index is 868. The Labute approximate surface area is 183 Å². The van der Waals surface area contributed by atoms with Gasteiger partial charge in [-0.25, -0.2) is 0 Å². The first-order chi connectivity index (χ1) is 14.3. The number of Topliss-reactive ketones (excluding diaryl/α,β-unsaturated/α-hetero) is 1. The van der Waals surface area contributed by atoms with E-state index in [-0.39, 0.29) is 44.0 Å². The molecule has 2 amide bonds. The zero-order valence-electron chi connectivity index (χ0n) is 16.5. The molecule has 0 aliphatic rings. The Morgan fingerprint density at radius 1 is 1.03 bits per heavy atom. The van der Waals surface area contributed by atoms with Gasteiger partial charge in [-0.1, -0.05) is 29.8 Å². The molecular weight excluding hydrogens is 428 g/mol. The van der Waals surface area contributed by atoms with Crippen molar-refractivity contribution in [2.45, 2.75) is 38.8 Å². The van der Waals surface area contributed by atoms with Crippen molar-refractivity contribution < 1.29 is 23.9 Å². The number of amides is 2. The number of esters is 1. The van der Waals surface area contributed by atoms with Gasteiger partial charge in [0.1, 0.15) is 0 Å².